The molecule has 1 aliphatic carbocycles. The summed E-state index contributed by atoms with van der Waals surface area (Å²) in [6, 6.07) is 16.9. The lowest BCUT2D eigenvalue weighted by atomic mass is 10.0. The molecule has 0 radical (unpaired) electrons. The number of rotatable bonds is 3. The van der Waals surface area contributed by atoms with Crippen molar-refractivity contribution in [2.45, 2.75) is 45.4 Å². The molecule has 3 heteroatoms. The molecule has 1 saturated carbocycles. The second-order valence-corrected chi connectivity index (χ2v) is 6.81. The van der Waals surface area contributed by atoms with Crippen molar-refractivity contribution >= 4 is 0 Å². The van der Waals surface area contributed by atoms with Gasteiger partial charge in [-0.1, -0.05) is 61.4 Å². The first-order valence-electron chi connectivity index (χ1n) is 8.83. The van der Waals surface area contributed by atoms with Crippen LogP contribution in [0.4, 0.5) is 0 Å². The Morgan fingerprint density at radius 3 is 2.17 bits per heavy atom. The summed E-state index contributed by atoms with van der Waals surface area (Å²) in [5.41, 5.74) is 4.90. The Kier molecular flexibility index (Phi) is 3.93. The van der Waals surface area contributed by atoms with Crippen LogP contribution in [0.3, 0.4) is 0 Å². The SMILES string of the molecule is Cc1cccc(C)c1-n1c(-c2ccccc2)nnc1C1CCCC1. The van der Waals surface area contributed by atoms with Crippen molar-refractivity contribution in [2.24, 2.45) is 0 Å². The van der Waals surface area contributed by atoms with Gasteiger partial charge < -0.3 is 0 Å². The van der Waals surface area contributed by atoms with Crippen LogP contribution >= 0.6 is 0 Å². The number of aryl methyl sites for hydroxylation is 2. The average molecular weight is 317 g/mol. The summed E-state index contributed by atoms with van der Waals surface area (Å²) in [5, 5.41) is 9.25. The van der Waals surface area contributed by atoms with Crippen molar-refractivity contribution in [2.75, 3.05) is 0 Å². The topological polar surface area (TPSA) is 30.7 Å². The Bertz CT molecular complexity index is 823. The fourth-order valence-electron chi connectivity index (χ4n) is 3.90. The molecule has 0 amide bonds. The molecule has 0 N–H and O–H groups in total. The Morgan fingerprint density at radius 1 is 0.833 bits per heavy atom. The molecule has 0 spiro atoms. The van der Waals surface area contributed by atoms with Gasteiger partial charge in [-0.25, -0.2) is 0 Å². The predicted molar refractivity (Wildman–Crippen MR) is 97.5 cm³/mol. The zero-order valence-electron chi connectivity index (χ0n) is 14.4. The number of hydrogen-bond acceptors (Lipinski definition) is 2. The van der Waals surface area contributed by atoms with Gasteiger partial charge >= 0.3 is 0 Å². The van der Waals surface area contributed by atoms with E-state index in [1.54, 1.807) is 0 Å². The Labute approximate surface area is 143 Å². The van der Waals surface area contributed by atoms with E-state index in [1.165, 1.54) is 42.5 Å². The van der Waals surface area contributed by atoms with Crippen molar-refractivity contribution in [3.05, 3.63) is 65.5 Å². The van der Waals surface area contributed by atoms with Gasteiger partial charge in [-0.3, -0.25) is 4.57 Å². The minimum absolute atomic E-state index is 0.522. The normalized spacial score (nSPS) is 15.1. The number of nitrogens with zero attached hydrogens (tertiary/aromatic N) is 3. The first-order chi connectivity index (χ1) is 11.8. The zero-order valence-corrected chi connectivity index (χ0v) is 14.4. The molecule has 1 fully saturated rings. The number of hydrogen-bond donors (Lipinski definition) is 0. The van der Waals surface area contributed by atoms with Crippen molar-refractivity contribution in [1.29, 1.82) is 0 Å². The molecule has 1 heterocycles. The van der Waals surface area contributed by atoms with Crippen molar-refractivity contribution in [3.8, 4) is 17.1 Å². The van der Waals surface area contributed by atoms with Crippen LogP contribution in [0, 0.1) is 13.8 Å². The molecule has 0 aliphatic heterocycles. The van der Waals surface area contributed by atoms with Crippen LogP contribution < -0.4 is 0 Å². The standard InChI is InChI=1S/C21H23N3/c1-15-9-8-10-16(2)19(15)24-20(17-11-4-3-5-12-17)22-23-21(24)18-13-6-7-14-18/h3-5,8-12,18H,6-7,13-14H2,1-2H3. The first-order valence-corrected chi connectivity index (χ1v) is 8.83. The van der Waals surface area contributed by atoms with Crippen molar-refractivity contribution < 1.29 is 0 Å². The molecular weight excluding hydrogens is 294 g/mol. The summed E-state index contributed by atoms with van der Waals surface area (Å²) in [7, 11) is 0. The second kappa shape index (κ2) is 6.23. The summed E-state index contributed by atoms with van der Waals surface area (Å²) in [5.74, 6) is 2.60. The summed E-state index contributed by atoms with van der Waals surface area (Å²) in [6.45, 7) is 4.35. The Morgan fingerprint density at radius 2 is 1.50 bits per heavy atom. The summed E-state index contributed by atoms with van der Waals surface area (Å²) in [6.07, 6.45) is 5.03. The molecule has 3 aromatic rings. The molecule has 0 atom stereocenters. The molecule has 0 bridgehead atoms. The molecule has 122 valence electrons. The van der Waals surface area contributed by atoms with Gasteiger partial charge in [0.15, 0.2) is 5.82 Å². The molecule has 1 aliphatic rings. The van der Waals surface area contributed by atoms with Crippen LogP contribution in [-0.2, 0) is 0 Å². The van der Waals surface area contributed by atoms with E-state index < -0.39 is 0 Å². The van der Waals surface area contributed by atoms with Crippen LogP contribution in [0.25, 0.3) is 17.1 Å². The van der Waals surface area contributed by atoms with Gasteiger partial charge in [-0.2, -0.15) is 0 Å². The summed E-state index contributed by atoms with van der Waals surface area (Å²) < 4.78 is 2.32. The quantitative estimate of drug-likeness (QED) is 0.664. The fraction of sp³-hybridized carbons (Fsp3) is 0.333. The number of benzene rings is 2. The van der Waals surface area contributed by atoms with Gasteiger partial charge in [0.05, 0.1) is 5.69 Å². The predicted octanol–water partition coefficient (Wildman–Crippen LogP) is 5.21. The highest BCUT2D eigenvalue weighted by atomic mass is 15.3. The van der Waals surface area contributed by atoms with Crippen LogP contribution in [0.1, 0.15) is 48.6 Å². The van der Waals surface area contributed by atoms with Crippen LogP contribution in [0.2, 0.25) is 0 Å². The van der Waals surface area contributed by atoms with Gasteiger partial charge in [0.2, 0.25) is 0 Å². The smallest absolute Gasteiger partial charge is 0.168 e. The minimum Gasteiger partial charge on any atom is -0.278 e. The van der Waals surface area contributed by atoms with Crippen LogP contribution in [0.5, 0.6) is 0 Å². The van der Waals surface area contributed by atoms with Crippen LogP contribution in [-0.4, -0.2) is 14.8 Å². The summed E-state index contributed by atoms with van der Waals surface area (Å²) in [4.78, 5) is 0. The van der Waals surface area contributed by atoms with E-state index in [0.29, 0.717) is 5.92 Å². The lowest BCUT2D eigenvalue weighted by Crippen LogP contribution is -2.09. The van der Waals surface area contributed by atoms with E-state index in [1.807, 2.05) is 6.07 Å². The third-order valence-corrected chi connectivity index (χ3v) is 5.10. The van der Waals surface area contributed by atoms with Gasteiger partial charge in [-0.15, -0.1) is 10.2 Å². The molecule has 1 aromatic heterocycles. The maximum Gasteiger partial charge on any atom is 0.168 e. The minimum atomic E-state index is 0.522. The summed E-state index contributed by atoms with van der Waals surface area (Å²) >= 11 is 0. The van der Waals surface area contributed by atoms with E-state index in [2.05, 4.69) is 71.1 Å². The van der Waals surface area contributed by atoms with E-state index in [0.717, 1.165) is 17.2 Å². The van der Waals surface area contributed by atoms with Gasteiger partial charge in [0.25, 0.3) is 0 Å². The van der Waals surface area contributed by atoms with Gasteiger partial charge in [0, 0.05) is 11.5 Å². The lowest BCUT2D eigenvalue weighted by Gasteiger charge is -2.18. The van der Waals surface area contributed by atoms with E-state index in [9.17, 15) is 0 Å². The van der Waals surface area contributed by atoms with E-state index in [4.69, 9.17) is 0 Å². The molecule has 0 saturated heterocycles. The maximum atomic E-state index is 4.65. The van der Waals surface area contributed by atoms with Crippen molar-refractivity contribution in [3.63, 3.8) is 0 Å². The second-order valence-electron chi connectivity index (χ2n) is 6.81. The molecule has 3 nitrogen and oxygen atoms in total. The van der Waals surface area contributed by atoms with E-state index in [-0.39, 0.29) is 0 Å². The Balaban J connectivity index is 1.96. The first kappa shape index (κ1) is 15.1. The van der Waals surface area contributed by atoms with Gasteiger partial charge in [-0.05, 0) is 37.8 Å². The third-order valence-electron chi connectivity index (χ3n) is 5.10. The maximum absolute atomic E-state index is 4.65. The zero-order chi connectivity index (χ0) is 16.5. The van der Waals surface area contributed by atoms with Gasteiger partial charge in [0.1, 0.15) is 5.82 Å². The average Bonchev–Trinajstić information content (AvgIpc) is 3.25. The molecular formula is C21H23N3. The van der Waals surface area contributed by atoms with Crippen molar-refractivity contribution in [1.82, 2.24) is 14.8 Å². The largest absolute Gasteiger partial charge is 0.278 e. The highest BCUT2D eigenvalue weighted by molar-refractivity contribution is 5.61. The molecule has 2 aromatic carbocycles. The van der Waals surface area contributed by atoms with Crippen LogP contribution in [0.15, 0.2) is 48.5 Å². The van der Waals surface area contributed by atoms with E-state index >= 15 is 0 Å². The molecule has 0 unspecified atom stereocenters. The highest BCUT2D eigenvalue weighted by Gasteiger charge is 2.26. The lowest BCUT2D eigenvalue weighted by molar-refractivity contribution is 0.650. The molecule has 24 heavy (non-hydrogen) atoms. The number of aromatic nitrogens is 3. The Hall–Kier alpha value is -2.42. The number of para-hydroxylation sites is 1. The third kappa shape index (κ3) is 2.54. The highest BCUT2D eigenvalue weighted by Crippen LogP contribution is 2.37. The molecule has 4 rings (SSSR count). The fourth-order valence-corrected chi connectivity index (χ4v) is 3.90. The monoisotopic (exact) mass is 317 g/mol.